The molecule has 0 heterocycles. The number of sulfonamides is 1. The van der Waals surface area contributed by atoms with E-state index in [1.54, 1.807) is 25.1 Å². The van der Waals surface area contributed by atoms with Crippen LogP contribution in [0, 0.1) is 11.7 Å². The molecule has 1 atom stereocenters. The van der Waals surface area contributed by atoms with Crippen molar-refractivity contribution in [3.05, 3.63) is 96.3 Å². The van der Waals surface area contributed by atoms with Gasteiger partial charge in [0.05, 0.1) is 10.6 Å². The topological polar surface area (TPSA) is 86.8 Å². The van der Waals surface area contributed by atoms with Crippen LogP contribution in [0.5, 0.6) is 0 Å². The first-order valence-corrected chi connectivity index (χ1v) is 13.5. The third-order valence-electron chi connectivity index (χ3n) is 5.77. The molecule has 37 heavy (non-hydrogen) atoms. The minimum absolute atomic E-state index is 0.00976. The molecule has 1 N–H and O–H groups in total. The van der Waals surface area contributed by atoms with Crippen molar-refractivity contribution in [1.29, 1.82) is 0 Å². The summed E-state index contributed by atoms with van der Waals surface area (Å²) in [6.07, 6.45) is 0. The van der Waals surface area contributed by atoms with E-state index in [4.69, 9.17) is 0 Å². The molecule has 3 rings (SSSR count). The maximum absolute atomic E-state index is 13.7. The normalized spacial score (nSPS) is 12.1. The Balaban J connectivity index is 1.97. The van der Waals surface area contributed by atoms with Crippen molar-refractivity contribution in [3.63, 3.8) is 0 Å². The van der Waals surface area contributed by atoms with Crippen molar-refractivity contribution < 1.29 is 22.4 Å². The summed E-state index contributed by atoms with van der Waals surface area (Å²) in [7, 11) is -4.17. The molecular weight excluding hydrogens is 493 g/mol. The number of hydrogen-bond acceptors (Lipinski definition) is 4. The second-order valence-electron chi connectivity index (χ2n) is 9.12. The number of nitrogens with one attached hydrogen (secondary N) is 1. The molecule has 0 aliphatic carbocycles. The van der Waals surface area contributed by atoms with Crippen LogP contribution in [0.4, 0.5) is 10.1 Å². The average Bonchev–Trinajstić information content (AvgIpc) is 2.90. The molecule has 0 aromatic heterocycles. The fourth-order valence-electron chi connectivity index (χ4n) is 3.67. The largest absolute Gasteiger partial charge is 0.354 e. The number of benzene rings is 3. The van der Waals surface area contributed by atoms with Crippen LogP contribution in [0.25, 0.3) is 0 Å². The van der Waals surface area contributed by atoms with Gasteiger partial charge in [0, 0.05) is 13.1 Å². The van der Waals surface area contributed by atoms with E-state index in [-0.39, 0.29) is 29.0 Å². The van der Waals surface area contributed by atoms with Gasteiger partial charge in [0.25, 0.3) is 10.0 Å². The number of carbonyl (C=O) groups excluding carboxylic acids is 2. The predicted octanol–water partition coefficient (Wildman–Crippen LogP) is 4.21. The van der Waals surface area contributed by atoms with Crippen molar-refractivity contribution in [3.8, 4) is 0 Å². The Hall–Kier alpha value is -3.72. The lowest BCUT2D eigenvalue weighted by atomic mass is 10.1. The molecule has 9 heteroatoms. The van der Waals surface area contributed by atoms with Gasteiger partial charge in [-0.15, -0.1) is 0 Å². The first-order chi connectivity index (χ1) is 17.6. The van der Waals surface area contributed by atoms with Crippen molar-refractivity contribution in [2.24, 2.45) is 5.92 Å². The van der Waals surface area contributed by atoms with Crippen LogP contribution >= 0.6 is 0 Å². The molecule has 0 aliphatic heterocycles. The van der Waals surface area contributed by atoms with Crippen LogP contribution in [-0.2, 0) is 26.2 Å². The fourth-order valence-corrected chi connectivity index (χ4v) is 5.11. The van der Waals surface area contributed by atoms with Crippen molar-refractivity contribution in [2.75, 3.05) is 17.4 Å². The highest BCUT2D eigenvalue weighted by Crippen LogP contribution is 2.24. The van der Waals surface area contributed by atoms with Gasteiger partial charge < -0.3 is 10.2 Å². The van der Waals surface area contributed by atoms with Gasteiger partial charge in [-0.05, 0) is 54.8 Å². The summed E-state index contributed by atoms with van der Waals surface area (Å²) in [5.41, 5.74) is 0.925. The molecule has 2 amide bonds. The minimum atomic E-state index is -4.17. The summed E-state index contributed by atoms with van der Waals surface area (Å²) in [5, 5.41) is 2.84. The molecule has 0 saturated heterocycles. The van der Waals surface area contributed by atoms with E-state index in [0.717, 1.165) is 22.0 Å². The first kappa shape index (κ1) is 27.9. The summed E-state index contributed by atoms with van der Waals surface area (Å²) < 4.78 is 41.8. The van der Waals surface area contributed by atoms with Crippen LogP contribution < -0.4 is 9.62 Å². The van der Waals surface area contributed by atoms with Crippen LogP contribution in [0.15, 0.2) is 89.8 Å². The molecule has 0 aliphatic rings. The number of anilines is 1. The molecule has 3 aromatic rings. The molecule has 0 saturated carbocycles. The fraction of sp³-hybridized carbons (Fsp3) is 0.286. The number of rotatable bonds is 11. The highest BCUT2D eigenvalue weighted by atomic mass is 32.2. The number of carbonyl (C=O) groups is 2. The highest BCUT2D eigenvalue weighted by molar-refractivity contribution is 7.92. The van der Waals surface area contributed by atoms with Gasteiger partial charge in [-0.1, -0.05) is 62.4 Å². The summed E-state index contributed by atoms with van der Waals surface area (Å²) in [4.78, 5) is 28.0. The Morgan fingerprint density at radius 1 is 0.865 bits per heavy atom. The van der Waals surface area contributed by atoms with E-state index in [0.29, 0.717) is 6.54 Å². The lowest BCUT2D eigenvalue weighted by Gasteiger charge is -2.32. The molecule has 7 nitrogen and oxygen atoms in total. The van der Waals surface area contributed by atoms with Crippen LogP contribution in [0.3, 0.4) is 0 Å². The van der Waals surface area contributed by atoms with Gasteiger partial charge in [0.2, 0.25) is 11.8 Å². The van der Waals surface area contributed by atoms with Crippen molar-refractivity contribution in [1.82, 2.24) is 10.2 Å². The lowest BCUT2D eigenvalue weighted by molar-refractivity contribution is -0.139. The average molecular weight is 526 g/mol. The molecule has 0 bridgehead atoms. The Kier molecular flexibility index (Phi) is 9.41. The van der Waals surface area contributed by atoms with Gasteiger partial charge in [0.1, 0.15) is 18.4 Å². The predicted molar refractivity (Wildman–Crippen MR) is 142 cm³/mol. The number of amides is 2. The SMILES string of the molecule is CC(C)CNC(=O)C(C)N(Cc1ccccc1)C(=O)CN(c1ccc(F)cc1)S(=O)(=O)c1ccccc1. The van der Waals surface area contributed by atoms with Crippen LogP contribution in [0.1, 0.15) is 26.3 Å². The maximum Gasteiger partial charge on any atom is 0.264 e. The van der Waals surface area contributed by atoms with E-state index in [1.807, 2.05) is 44.2 Å². The Bertz CT molecular complexity index is 1280. The quantitative estimate of drug-likeness (QED) is 0.406. The van der Waals surface area contributed by atoms with Crippen LogP contribution in [0.2, 0.25) is 0 Å². The third kappa shape index (κ3) is 7.39. The molecule has 0 radical (unpaired) electrons. The minimum Gasteiger partial charge on any atom is -0.354 e. The van der Waals surface area contributed by atoms with Gasteiger partial charge in [-0.25, -0.2) is 12.8 Å². The zero-order valence-electron chi connectivity index (χ0n) is 21.2. The molecular formula is C28H32FN3O4S. The number of nitrogens with zero attached hydrogens (tertiary/aromatic N) is 2. The highest BCUT2D eigenvalue weighted by Gasteiger charge is 2.32. The molecule has 196 valence electrons. The third-order valence-corrected chi connectivity index (χ3v) is 7.56. The van der Waals surface area contributed by atoms with Crippen molar-refractivity contribution >= 4 is 27.5 Å². The lowest BCUT2D eigenvalue weighted by Crippen LogP contribution is -2.51. The van der Waals surface area contributed by atoms with Gasteiger partial charge >= 0.3 is 0 Å². The van der Waals surface area contributed by atoms with Gasteiger partial charge in [0.15, 0.2) is 0 Å². The van der Waals surface area contributed by atoms with Gasteiger partial charge in [-0.2, -0.15) is 0 Å². The van der Waals surface area contributed by atoms with Crippen LogP contribution in [-0.4, -0.2) is 44.3 Å². The zero-order chi connectivity index (χ0) is 27.0. The Labute approximate surface area is 218 Å². The van der Waals surface area contributed by atoms with E-state index < -0.39 is 34.3 Å². The summed E-state index contributed by atoms with van der Waals surface area (Å²) in [6.45, 7) is 5.53. The summed E-state index contributed by atoms with van der Waals surface area (Å²) >= 11 is 0. The molecule has 0 fully saturated rings. The summed E-state index contributed by atoms with van der Waals surface area (Å²) in [6, 6.07) is 20.9. The van der Waals surface area contributed by atoms with E-state index >= 15 is 0 Å². The summed E-state index contributed by atoms with van der Waals surface area (Å²) in [5.74, 6) is -1.22. The Morgan fingerprint density at radius 2 is 1.43 bits per heavy atom. The van der Waals surface area contributed by atoms with Gasteiger partial charge in [-0.3, -0.25) is 13.9 Å². The standard InChI is InChI=1S/C28H32FN3O4S/c1-21(2)18-30-28(34)22(3)31(19-23-10-6-4-7-11-23)27(33)20-32(25-16-14-24(29)15-17-25)37(35,36)26-12-8-5-9-13-26/h4-17,21-22H,18-20H2,1-3H3,(H,30,34). The smallest absolute Gasteiger partial charge is 0.264 e. The van der Waals surface area contributed by atoms with Crippen molar-refractivity contribution in [2.45, 2.75) is 38.3 Å². The molecule has 0 spiro atoms. The monoisotopic (exact) mass is 525 g/mol. The number of halogens is 1. The van der Waals surface area contributed by atoms with E-state index in [2.05, 4.69) is 5.32 Å². The zero-order valence-corrected chi connectivity index (χ0v) is 22.0. The molecule has 3 aromatic carbocycles. The first-order valence-electron chi connectivity index (χ1n) is 12.0. The Morgan fingerprint density at radius 3 is 2.00 bits per heavy atom. The second-order valence-corrected chi connectivity index (χ2v) is 11.0. The van der Waals surface area contributed by atoms with E-state index in [9.17, 15) is 22.4 Å². The second kappa shape index (κ2) is 12.5. The maximum atomic E-state index is 13.7. The molecule has 1 unspecified atom stereocenters. The van der Waals surface area contributed by atoms with E-state index in [1.165, 1.54) is 29.2 Å². The number of hydrogen-bond donors (Lipinski definition) is 1.